The van der Waals surface area contributed by atoms with Gasteiger partial charge in [0.15, 0.2) is 5.78 Å². The third-order valence-electron chi connectivity index (χ3n) is 5.70. The summed E-state index contributed by atoms with van der Waals surface area (Å²) in [6.45, 7) is 2.86. The zero-order chi connectivity index (χ0) is 22.9. The number of pyridine rings is 1. The van der Waals surface area contributed by atoms with Crippen molar-refractivity contribution in [3.05, 3.63) is 56.9 Å². The minimum absolute atomic E-state index is 0.0689. The van der Waals surface area contributed by atoms with E-state index in [-0.39, 0.29) is 5.78 Å². The van der Waals surface area contributed by atoms with Crippen LogP contribution in [0.5, 0.6) is 0 Å². The Hall–Kier alpha value is -2.04. The first-order chi connectivity index (χ1) is 15.2. The number of halogens is 1. The second-order valence-electron chi connectivity index (χ2n) is 7.99. The molecule has 2 N–H and O–H groups in total. The van der Waals surface area contributed by atoms with Crippen LogP contribution in [0.2, 0.25) is 5.02 Å². The van der Waals surface area contributed by atoms with Crippen LogP contribution in [0.3, 0.4) is 0 Å². The number of hydrogen-bond acceptors (Lipinski definition) is 7. The fraction of sp³-hybridized carbons (Fsp3) is 0.364. The van der Waals surface area contributed by atoms with Gasteiger partial charge in [-0.1, -0.05) is 29.8 Å². The summed E-state index contributed by atoms with van der Waals surface area (Å²) in [4.78, 5) is 20.7. The molecule has 7 nitrogen and oxygen atoms in total. The SMILES string of the molecule is CS(=O)(=O)N1CCN(Cc2sc(C(=O)CCc3ccc4c(N)nccc4c3)cc2Cl)CC1. The molecule has 0 amide bonds. The van der Waals surface area contributed by atoms with Crippen molar-refractivity contribution in [1.82, 2.24) is 14.2 Å². The smallest absolute Gasteiger partial charge is 0.211 e. The van der Waals surface area contributed by atoms with Gasteiger partial charge in [0.2, 0.25) is 10.0 Å². The number of hydrogen-bond donors (Lipinski definition) is 1. The molecule has 3 aromatic rings. The van der Waals surface area contributed by atoms with Crippen LogP contribution in [0.25, 0.3) is 10.8 Å². The van der Waals surface area contributed by atoms with E-state index < -0.39 is 10.0 Å². The lowest BCUT2D eigenvalue weighted by Crippen LogP contribution is -2.47. The molecule has 0 bridgehead atoms. The lowest BCUT2D eigenvalue weighted by atomic mass is 10.0. The second-order valence-corrected chi connectivity index (χ2v) is 11.5. The van der Waals surface area contributed by atoms with E-state index in [0.29, 0.717) is 61.3 Å². The van der Waals surface area contributed by atoms with Gasteiger partial charge in [0.1, 0.15) is 5.82 Å². The summed E-state index contributed by atoms with van der Waals surface area (Å²) in [6.07, 6.45) is 3.95. The number of fused-ring (bicyclic) bond motifs is 1. The molecule has 170 valence electrons. The number of carbonyl (C=O) groups is 1. The molecule has 10 heteroatoms. The molecule has 4 rings (SSSR count). The maximum atomic E-state index is 12.8. The molecular weight excluding hydrogens is 468 g/mol. The van der Waals surface area contributed by atoms with Gasteiger partial charge in [0, 0.05) is 55.6 Å². The van der Waals surface area contributed by atoms with Crippen molar-refractivity contribution in [2.24, 2.45) is 0 Å². The van der Waals surface area contributed by atoms with Crippen molar-refractivity contribution in [3.8, 4) is 0 Å². The predicted octanol–water partition coefficient (Wildman–Crippen LogP) is 3.42. The normalized spacial score (nSPS) is 15.9. The summed E-state index contributed by atoms with van der Waals surface area (Å²) >= 11 is 7.84. The van der Waals surface area contributed by atoms with Gasteiger partial charge in [-0.25, -0.2) is 13.4 Å². The summed E-state index contributed by atoms with van der Waals surface area (Å²) in [6, 6.07) is 9.64. The average molecular weight is 493 g/mol. The highest BCUT2D eigenvalue weighted by Gasteiger charge is 2.24. The van der Waals surface area contributed by atoms with E-state index in [9.17, 15) is 13.2 Å². The van der Waals surface area contributed by atoms with Gasteiger partial charge in [0.05, 0.1) is 16.2 Å². The molecule has 0 aliphatic carbocycles. The Kier molecular flexibility index (Phi) is 6.83. The number of rotatable bonds is 7. The first kappa shape index (κ1) is 23.1. The number of nitrogen functional groups attached to an aromatic ring is 1. The number of ketones is 1. The van der Waals surface area contributed by atoms with Crippen LogP contribution in [-0.4, -0.2) is 60.8 Å². The number of benzene rings is 1. The standard InChI is InChI=1S/C22H25ClN4O3S2/c1-32(29,30)27-10-8-26(9-11-27)14-21-18(23)13-20(31-21)19(28)5-3-15-2-4-17-16(12-15)6-7-25-22(17)24/h2,4,6-7,12-13H,3,5,8-11,14H2,1H3,(H2,24,25). The van der Waals surface area contributed by atoms with Crippen LogP contribution in [0.4, 0.5) is 5.82 Å². The highest BCUT2D eigenvalue weighted by Crippen LogP contribution is 2.30. The lowest BCUT2D eigenvalue weighted by Gasteiger charge is -2.32. The molecule has 1 aromatic carbocycles. The Morgan fingerprint density at radius 3 is 2.66 bits per heavy atom. The third kappa shape index (κ3) is 5.29. The van der Waals surface area contributed by atoms with Gasteiger partial charge < -0.3 is 5.73 Å². The predicted molar refractivity (Wildman–Crippen MR) is 130 cm³/mol. The molecule has 3 heterocycles. The number of aromatic nitrogens is 1. The fourth-order valence-corrected chi connectivity index (χ4v) is 6.10. The zero-order valence-corrected chi connectivity index (χ0v) is 20.1. The zero-order valence-electron chi connectivity index (χ0n) is 17.8. The van der Waals surface area contributed by atoms with E-state index in [2.05, 4.69) is 9.88 Å². The number of nitrogens with zero attached hydrogens (tertiary/aromatic N) is 3. The van der Waals surface area contributed by atoms with Crippen LogP contribution < -0.4 is 5.73 Å². The van der Waals surface area contributed by atoms with Crippen molar-refractivity contribution >= 4 is 55.3 Å². The molecule has 0 saturated carbocycles. The monoisotopic (exact) mass is 492 g/mol. The first-order valence-corrected chi connectivity index (χ1v) is 13.4. The topological polar surface area (TPSA) is 96.6 Å². The Bertz CT molecular complexity index is 1250. The Balaban J connectivity index is 1.36. The molecule has 1 fully saturated rings. The van der Waals surface area contributed by atoms with Crippen molar-refractivity contribution in [2.45, 2.75) is 19.4 Å². The minimum atomic E-state index is -3.15. The Morgan fingerprint density at radius 2 is 1.94 bits per heavy atom. The van der Waals surface area contributed by atoms with Crippen LogP contribution in [0.1, 0.15) is 26.5 Å². The highest BCUT2D eigenvalue weighted by atomic mass is 35.5. The average Bonchev–Trinajstić information content (AvgIpc) is 3.12. The number of aryl methyl sites for hydroxylation is 1. The van der Waals surface area contributed by atoms with Crippen LogP contribution >= 0.6 is 22.9 Å². The summed E-state index contributed by atoms with van der Waals surface area (Å²) in [5.74, 6) is 0.572. The molecular formula is C22H25ClN4O3S2. The number of thiophene rings is 1. The largest absolute Gasteiger partial charge is 0.383 e. The van der Waals surface area contributed by atoms with Gasteiger partial charge in [-0.2, -0.15) is 4.31 Å². The summed E-state index contributed by atoms with van der Waals surface area (Å²) in [5, 5.41) is 2.52. The number of nitrogens with two attached hydrogens (primary N) is 1. The molecule has 1 aliphatic rings. The van der Waals surface area contributed by atoms with Gasteiger partial charge in [0.25, 0.3) is 0 Å². The molecule has 0 spiro atoms. The van der Waals surface area contributed by atoms with E-state index in [1.54, 1.807) is 12.3 Å². The van der Waals surface area contributed by atoms with Crippen molar-refractivity contribution in [2.75, 3.05) is 38.2 Å². The molecule has 1 aliphatic heterocycles. The van der Waals surface area contributed by atoms with Crippen molar-refractivity contribution < 1.29 is 13.2 Å². The second kappa shape index (κ2) is 9.44. The van der Waals surface area contributed by atoms with E-state index in [4.69, 9.17) is 17.3 Å². The number of sulfonamides is 1. The molecule has 0 radical (unpaired) electrons. The maximum Gasteiger partial charge on any atom is 0.211 e. The van der Waals surface area contributed by atoms with Gasteiger partial charge >= 0.3 is 0 Å². The van der Waals surface area contributed by atoms with E-state index in [0.717, 1.165) is 21.2 Å². The van der Waals surface area contributed by atoms with Crippen molar-refractivity contribution in [1.29, 1.82) is 0 Å². The van der Waals surface area contributed by atoms with Gasteiger partial charge in [-0.15, -0.1) is 11.3 Å². The third-order valence-corrected chi connectivity index (χ3v) is 8.61. The number of carbonyl (C=O) groups excluding carboxylic acids is 1. The molecule has 0 unspecified atom stereocenters. The summed E-state index contributed by atoms with van der Waals surface area (Å²) < 4.78 is 24.8. The van der Waals surface area contributed by atoms with Crippen LogP contribution in [0, 0.1) is 0 Å². The number of piperazine rings is 1. The van der Waals surface area contributed by atoms with Gasteiger partial charge in [-0.3, -0.25) is 9.69 Å². The molecule has 0 atom stereocenters. The van der Waals surface area contributed by atoms with Crippen LogP contribution in [-0.2, 0) is 23.0 Å². The molecule has 32 heavy (non-hydrogen) atoms. The molecule has 2 aromatic heterocycles. The quantitative estimate of drug-likeness (QED) is 0.507. The number of Topliss-reactive ketones (excluding diaryl/α,β-unsaturated/α-hetero) is 1. The van der Waals surface area contributed by atoms with E-state index in [1.165, 1.54) is 21.9 Å². The lowest BCUT2D eigenvalue weighted by molar-refractivity contribution is 0.0986. The van der Waals surface area contributed by atoms with E-state index >= 15 is 0 Å². The summed E-state index contributed by atoms with van der Waals surface area (Å²) in [5.41, 5.74) is 6.98. The molecule has 1 saturated heterocycles. The Labute approximate surface area is 196 Å². The summed E-state index contributed by atoms with van der Waals surface area (Å²) in [7, 11) is -3.15. The van der Waals surface area contributed by atoms with Crippen LogP contribution in [0.15, 0.2) is 36.5 Å². The first-order valence-electron chi connectivity index (χ1n) is 10.3. The fourth-order valence-electron chi connectivity index (χ4n) is 3.86. The van der Waals surface area contributed by atoms with Crippen molar-refractivity contribution in [3.63, 3.8) is 0 Å². The maximum absolute atomic E-state index is 12.8. The van der Waals surface area contributed by atoms with Gasteiger partial charge in [-0.05, 0) is 29.5 Å². The Morgan fingerprint density at radius 1 is 1.19 bits per heavy atom. The number of anilines is 1. The minimum Gasteiger partial charge on any atom is -0.383 e. The van der Waals surface area contributed by atoms with E-state index in [1.807, 2.05) is 24.3 Å². The highest BCUT2D eigenvalue weighted by molar-refractivity contribution is 7.88.